The van der Waals surface area contributed by atoms with E-state index in [1.807, 2.05) is 4.98 Å². The molecule has 10 heavy (non-hydrogen) atoms. The zero-order chi connectivity index (χ0) is 7.72. The van der Waals surface area contributed by atoms with E-state index in [0.717, 1.165) is 4.68 Å². The highest BCUT2D eigenvalue weighted by Gasteiger charge is 2.01. The van der Waals surface area contributed by atoms with E-state index in [0.29, 0.717) is 0 Å². The summed E-state index contributed by atoms with van der Waals surface area (Å²) < 4.78 is 1.02. The summed E-state index contributed by atoms with van der Waals surface area (Å²) in [6, 6.07) is 0. The van der Waals surface area contributed by atoms with Gasteiger partial charge in [0.05, 0.1) is 0 Å². The number of aromatic amines is 2. The summed E-state index contributed by atoms with van der Waals surface area (Å²) >= 11 is 0. The Hall–Kier alpha value is -1.20. The maximum Gasteiger partial charge on any atom is 0.343 e. The summed E-state index contributed by atoms with van der Waals surface area (Å²) in [6.07, 6.45) is 0. The lowest BCUT2D eigenvalue weighted by Gasteiger charge is -2.01. The normalized spacial score (nSPS) is 13.3. The Morgan fingerprint density at radius 2 is 2.20 bits per heavy atom. The average molecular weight is 139 g/mol. The number of aromatic nitrogens is 3. The fraction of sp³-hybridized carbons (Fsp3) is 0.500. The van der Waals surface area contributed by atoms with E-state index >= 15 is 0 Å². The number of hydrogen-bond donors (Lipinski definition) is 2. The Balaban J connectivity index is 3.29. The van der Waals surface area contributed by atoms with E-state index in [9.17, 15) is 9.59 Å². The zero-order valence-electron chi connectivity index (χ0n) is 5.42. The van der Waals surface area contributed by atoms with Crippen LogP contribution in [0.1, 0.15) is 12.9 Å². The van der Waals surface area contributed by atoms with Crippen LogP contribution < -0.4 is 11.4 Å². The largest absolute Gasteiger partial charge is 0.343 e. The lowest BCUT2D eigenvalue weighted by molar-refractivity contribution is 0.604. The fourth-order valence-corrected chi connectivity index (χ4v) is 0.632. The summed E-state index contributed by atoms with van der Waals surface area (Å²) in [4.78, 5) is 23.1. The summed E-state index contributed by atoms with van der Waals surface area (Å²) in [5.74, 6) is -0.508. The van der Waals surface area contributed by atoms with Crippen molar-refractivity contribution in [3.05, 3.63) is 21.0 Å². The SMILES string of the molecule is [B]C(C)n1[nH]c(=O)[nH]c1=O. The highest BCUT2D eigenvalue weighted by atomic mass is 16.2. The number of nitrogens with zero attached hydrogens (tertiary/aromatic N) is 1. The number of nitrogens with one attached hydrogen (secondary N) is 2. The van der Waals surface area contributed by atoms with Crippen molar-refractivity contribution in [1.29, 1.82) is 0 Å². The molecule has 0 amide bonds. The minimum atomic E-state index is -0.540. The van der Waals surface area contributed by atoms with Gasteiger partial charge in [-0.2, -0.15) is 0 Å². The standard InChI is InChI=1S/C4H6BN3O2/c1-2(5)8-4(10)6-3(9)7-8/h2H,1H3,(H2,6,7,9,10). The molecule has 0 saturated carbocycles. The Bertz CT molecular complexity index is 320. The molecule has 0 aliphatic rings. The van der Waals surface area contributed by atoms with Crippen molar-refractivity contribution in [2.45, 2.75) is 12.9 Å². The second-order valence-corrected chi connectivity index (χ2v) is 1.98. The van der Waals surface area contributed by atoms with Crippen LogP contribution in [-0.2, 0) is 0 Å². The van der Waals surface area contributed by atoms with Gasteiger partial charge in [-0.25, -0.2) is 19.4 Å². The van der Waals surface area contributed by atoms with E-state index in [2.05, 4.69) is 5.10 Å². The molecule has 1 rings (SSSR count). The van der Waals surface area contributed by atoms with E-state index in [-0.39, 0.29) is 0 Å². The van der Waals surface area contributed by atoms with Gasteiger partial charge in [-0.1, -0.05) is 6.92 Å². The van der Waals surface area contributed by atoms with Crippen LogP contribution >= 0.6 is 0 Å². The van der Waals surface area contributed by atoms with Crippen LogP contribution in [0.5, 0.6) is 0 Å². The number of rotatable bonds is 1. The predicted octanol–water partition coefficient (Wildman–Crippen LogP) is -1.45. The Kier molecular flexibility index (Phi) is 1.53. The minimum Gasteiger partial charge on any atom is -0.257 e. The van der Waals surface area contributed by atoms with E-state index in [1.165, 1.54) is 0 Å². The highest BCUT2D eigenvalue weighted by Crippen LogP contribution is 1.85. The molecule has 0 saturated heterocycles. The molecule has 2 radical (unpaired) electrons. The molecule has 0 spiro atoms. The molecule has 1 aromatic rings. The molecule has 5 nitrogen and oxygen atoms in total. The van der Waals surface area contributed by atoms with Crippen LogP contribution in [0.3, 0.4) is 0 Å². The van der Waals surface area contributed by atoms with Crippen molar-refractivity contribution in [1.82, 2.24) is 14.8 Å². The third-order valence-corrected chi connectivity index (χ3v) is 1.07. The lowest BCUT2D eigenvalue weighted by Crippen LogP contribution is -2.21. The molecule has 0 aliphatic carbocycles. The summed E-state index contributed by atoms with van der Waals surface area (Å²) in [5, 5.41) is 2.21. The Morgan fingerprint density at radius 1 is 1.60 bits per heavy atom. The molecule has 1 heterocycles. The third-order valence-electron chi connectivity index (χ3n) is 1.07. The van der Waals surface area contributed by atoms with Gasteiger partial charge in [0.15, 0.2) is 0 Å². The molecule has 1 atom stereocenters. The molecule has 0 fully saturated rings. The van der Waals surface area contributed by atoms with Crippen LogP contribution in [0.4, 0.5) is 0 Å². The zero-order valence-corrected chi connectivity index (χ0v) is 5.42. The Morgan fingerprint density at radius 3 is 2.40 bits per heavy atom. The van der Waals surface area contributed by atoms with E-state index in [4.69, 9.17) is 7.85 Å². The van der Waals surface area contributed by atoms with Crippen molar-refractivity contribution >= 4 is 7.85 Å². The summed E-state index contributed by atoms with van der Waals surface area (Å²) in [5.41, 5.74) is -1.05. The van der Waals surface area contributed by atoms with Crippen molar-refractivity contribution in [2.24, 2.45) is 0 Å². The molecule has 0 aromatic carbocycles. The van der Waals surface area contributed by atoms with Gasteiger partial charge in [0, 0.05) is 5.94 Å². The molecule has 1 aromatic heterocycles. The van der Waals surface area contributed by atoms with Crippen LogP contribution in [-0.4, -0.2) is 22.6 Å². The summed E-state index contributed by atoms with van der Waals surface area (Å²) in [6.45, 7) is 1.59. The summed E-state index contributed by atoms with van der Waals surface area (Å²) in [7, 11) is 5.30. The van der Waals surface area contributed by atoms with Gasteiger partial charge < -0.3 is 0 Å². The first-order valence-electron chi connectivity index (χ1n) is 2.77. The maximum absolute atomic E-state index is 10.7. The number of H-pyrrole nitrogens is 2. The second kappa shape index (κ2) is 2.20. The van der Waals surface area contributed by atoms with E-state index in [1.54, 1.807) is 6.92 Å². The number of hydrogen-bond acceptors (Lipinski definition) is 2. The lowest BCUT2D eigenvalue weighted by atomic mass is 10.00. The smallest absolute Gasteiger partial charge is 0.257 e. The van der Waals surface area contributed by atoms with Gasteiger partial charge >= 0.3 is 11.4 Å². The van der Waals surface area contributed by atoms with Crippen molar-refractivity contribution in [2.75, 3.05) is 0 Å². The van der Waals surface area contributed by atoms with Crippen LogP contribution in [0.2, 0.25) is 0 Å². The van der Waals surface area contributed by atoms with Crippen molar-refractivity contribution < 1.29 is 0 Å². The van der Waals surface area contributed by atoms with Crippen LogP contribution in [0, 0.1) is 0 Å². The predicted molar refractivity (Wildman–Crippen MR) is 36.1 cm³/mol. The van der Waals surface area contributed by atoms with Gasteiger partial charge in [0.1, 0.15) is 7.85 Å². The molecule has 0 bridgehead atoms. The molecule has 1 unspecified atom stereocenters. The second-order valence-electron chi connectivity index (χ2n) is 1.98. The molecular formula is C4H6BN3O2. The molecule has 0 aliphatic heterocycles. The maximum atomic E-state index is 10.7. The van der Waals surface area contributed by atoms with Gasteiger partial charge in [0.2, 0.25) is 0 Å². The highest BCUT2D eigenvalue weighted by molar-refractivity contribution is 6.09. The molecule has 52 valence electrons. The Labute approximate surface area is 57.5 Å². The third kappa shape index (κ3) is 1.05. The molecule has 2 N–H and O–H groups in total. The first kappa shape index (κ1) is 6.92. The van der Waals surface area contributed by atoms with Gasteiger partial charge in [-0.3, -0.25) is 4.98 Å². The minimum absolute atomic E-state index is 0.508. The van der Waals surface area contributed by atoms with Crippen molar-refractivity contribution in [3.63, 3.8) is 0 Å². The van der Waals surface area contributed by atoms with Crippen LogP contribution in [0.15, 0.2) is 9.59 Å². The first-order chi connectivity index (χ1) is 4.61. The van der Waals surface area contributed by atoms with Gasteiger partial charge in [-0.05, 0) is 0 Å². The van der Waals surface area contributed by atoms with E-state index < -0.39 is 17.3 Å². The van der Waals surface area contributed by atoms with Gasteiger partial charge in [0.25, 0.3) is 0 Å². The molecule has 6 heteroatoms. The molecular weight excluding hydrogens is 133 g/mol. The fourth-order valence-electron chi connectivity index (χ4n) is 0.632. The first-order valence-corrected chi connectivity index (χ1v) is 2.77. The van der Waals surface area contributed by atoms with Crippen LogP contribution in [0.25, 0.3) is 0 Å². The average Bonchev–Trinajstić information content (AvgIpc) is 2.10. The quantitative estimate of drug-likeness (QED) is 0.467. The topological polar surface area (TPSA) is 70.7 Å². The van der Waals surface area contributed by atoms with Gasteiger partial charge in [-0.15, -0.1) is 0 Å². The monoisotopic (exact) mass is 139 g/mol. The van der Waals surface area contributed by atoms with Crippen molar-refractivity contribution in [3.8, 4) is 0 Å².